The highest BCUT2D eigenvalue weighted by Gasteiger charge is 1.59. The molecular formula is C3H6BrNOS. The number of rotatable bonds is 0. The third-order valence-electron chi connectivity index (χ3n) is 0.347. The van der Waals surface area contributed by atoms with Crippen molar-refractivity contribution in [3.8, 4) is 0 Å². The van der Waals surface area contributed by atoms with E-state index in [2.05, 4.69) is 4.98 Å². The van der Waals surface area contributed by atoms with E-state index in [0.29, 0.717) is 0 Å². The average molecular weight is 184 g/mol. The van der Waals surface area contributed by atoms with Crippen LogP contribution in [0.3, 0.4) is 0 Å². The molecule has 0 aliphatic rings. The first-order valence-corrected chi connectivity index (χ1v) is 2.26. The molecule has 4 heteroatoms. The maximum atomic E-state index is 3.74. The molecule has 0 fully saturated rings. The van der Waals surface area contributed by atoms with Crippen LogP contribution in [0.4, 0.5) is 0 Å². The van der Waals surface area contributed by atoms with Crippen LogP contribution in [0.5, 0.6) is 0 Å². The summed E-state index contributed by atoms with van der Waals surface area (Å²) in [6, 6.07) is 0. The molecule has 1 rings (SSSR count). The van der Waals surface area contributed by atoms with Gasteiger partial charge in [0.15, 0.2) is 0 Å². The number of thiazole rings is 1. The van der Waals surface area contributed by atoms with Crippen molar-refractivity contribution in [3.63, 3.8) is 0 Å². The van der Waals surface area contributed by atoms with Crippen molar-refractivity contribution >= 4 is 28.3 Å². The van der Waals surface area contributed by atoms with Gasteiger partial charge in [-0.05, 0) is 0 Å². The summed E-state index contributed by atoms with van der Waals surface area (Å²) in [5, 5.41) is 1.93. The zero-order chi connectivity index (χ0) is 3.54. The van der Waals surface area contributed by atoms with Crippen LogP contribution in [-0.4, -0.2) is 10.5 Å². The number of nitrogens with zero attached hydrogens (tertiary/aromatic N) is 1. The number of aromatic nitrogens is 1. The molecule has 0 aliphatic carbocycles. The van der Waals surface area contributed by atoms with Gasteiger partial charge in [-0.2, -0.15) is 0 Å². The minimum absolute atomic E-state index is 0. The highest BCUT2D eigenvalue weighted by molar-refractivity contribution is 8.93. The van der Waals surface area contributed by atoms with Crippen molar-refractivity contribution < 1.29 is 5.48 Å². The van der Waals surface area contributed by atoms with Crippen LogP contribution < -0.4 is 0 Å². The molecule has 0 saturated heterocycles. The summed E-state index contributed by atoms with van der Waals surface area (Å²) >= 11 is 1.60. The standard InChI is InChI=1S/C3H3NS.BrH.H2O/c1-2-5-3-4-1;;/h1-3H;1H;1H2. The quantitative estimate of drug-likeness (QED) is 0.590. The predicted molar refractivity (Wildman–Crippen MR) is 36.0 cm³/mol. The molecule has 0 radical (unpaired) electrons. The Morgan fingerprint density at radius 3 is 2.29 bits per heavy atom. The smallest absolute Gasteiger partial charge is 0.0791 e. The van der Waals surface area contributed by atoms with E-state index < -0.39 is 0 Å². The average Bonchev–Trinajstić information content (AvgIpc) is 1.76. The third kappa shape index (κ3) is 3.91. The van der Waals surface area contributed by atoms with E-state index in [9.17, 15) is 0 Å². The molecule has 1 aromatic rings. The van der Waals surface area contributed by atoms with E-state index in [0.717, 1.165) is 0 Å². The summed E-state index contributed by atoms with van der Waals surface area (Å²) in [4.78, 5) is 3.74. The Morgan fingerprint density at radius 2 is 2.14 bits per heavy atom. The summed E-state index contributed by atoms with van der Waals surface area (Å²) < 4.78 is 0. The second-order valence-corrected chi connectivity index (χ2v) is 1.43. The van der Waals surface area contributed by atoms with Gasteiger partial charge in [0, 0.05) is 11.6 Å². The summed E-state index contributed by atoms with van der Waals surface area (Å²) in [7, 11) is 0. The molecule has 0 aliphatic heterocycles. The molecular weight excluding hydrogens is 178 g/mol. The Balaban J connectivity index is 0. The Labute approximate surface area is 56.3 Å². The lowest BCUT2D eigenvalue weighted by atomic mass is 11.0. The lowest BCUT2D eigenvalue weighted by Crippen LogP contribution is -1.38. The van der Waals surface area contributed by atoms with Crippen LogP contribution in [0.1, 0.15) is 0 Å². The van der Waals surface area contributed by atoms with Crippen LogP contribution in [0.15, 0.2) is 17.1 Å². The summed E-state index contributed by atoms with van der Waals surface area (Å²) in [6.45, 7) is 0. The van der Waals surface area contributed by atoms with Crippen molar-refractivity contribution in [3.05, 3.63) is 17.1 Å². The highest BCUT2D eigenvalue weighted by Crippen LogP contribution is 1.85. The van der Waals surface area contributed by atoms with Gasteiger partial charge < -0.3 is 5.48 Å². The molecule has 1 aromatic heterocycles. The van der Waals surface area contributed by atoms with Crippen molar-refractivity contribution in [2.75, 3.05) is 0 Å². The molecule has 1 heterocycles. The zero-order valence-corrected chi connectivity index (χ0v) is 6.03. The van der Waals surface area contributed by atoms with Gasteiger partial charge in [0.05, 0.1) is 5.51 Å². The first-order chi connectivity index (χ1) is 2.50. The van der Waals surface area contributed by atoms with Crippen molar-refractivity contribution in [2.24, 2.45) is 0 Å². The fourth-order valence-electron chi connectivity index (χ4n) is 0.176. The molecule has 42 valence electrons. The normalized spacial score (nSPS) is 5.71. The molecule has 0 atom stereocenters. The van der Waals surface area contributed by atoms with Gasteiger partial charge in [0.1, 0.15) is 0 Å². The molecule has 2 nitrogen and oxygen atoms in total. The number of hydrogen-bond acceptors (Lipinski definition) is 2. The minimum Gasteiger partial charge on any atom is -0.412 e. The van der Waals surface area contributed by atoms with E-state index in [4.69, 9.17) is 0 Å². The highest BCUT2D eigenvalue weighted by atomic mass is 79.9. The van der Waals surface area contributed by atoms with Gasteiger partial charge in [-0.1, -0.05) is 0 Å². The molecule has 2 N–H and O–H groups in total. The molecule has 0 amide bonds. The van der Waals surface area contributed by atoms with Crippen molar-refractivity contribution in [1.82, 2.24) is 4.98 Å². The van der Waals surface area contributed by atoms with Crippen LogP contribution in [0.25, 0.3) is 0 Å². The summed E-state index contributed by atoms with van der Waals surface area (Å²) in [5.74, 6) is 0. The molecule has 7 heavy (non-hydrogen) atoms. The Kier molecular flexibility index (Phi) is 8.79. The largest absolute Gasteiger partial charge is 0.412 e. The summed E-state index contributed by atoms with van der Waals surface area (Å²) in [6.07, 6.45) is 1.77. The third-order valence-corrected chi connectivity index (χ3v) is 0.869. The number of hydrogen-bond donors (Lipinski definition) is 0. The van der Waals surface area contributed by atoms with Crippen LogP contribution in [0, 0.1) is 0 Å². The minimum atomic E-state index is 0. The predicted octanol–water partition coefficient (Wildman–Crippen LogP) is 0.896. The molecule has 0 saturated carbocycles. The maximum absolute atomic E-state index is 3.74. The van der Waals surface area contributed by atoms with Gasteiger partial charge in [-0.15, -0.1) is 28.3 Å². The van der Waals surface area contributed by atoms with E-state index >= 15 is 0 Å². The van der Waals surface area contributed by atoms with Gasteiger partial charge >= 0.3 is 0 Å². The zero-order valence-electron chi connectivity index (χ0n) is 3.50. The van der Waals surface area contributed by atoms with E-state index in [1.807, 2.05) is 5.38 Å². The van der Waals surface area contributed by atoms with Gasteiger partial charge in [-0.25, -0.2) is 0 Å². The van der Waals surface area contributed by atoms with Crippen LogP contribution in [0.2, 0.25) is 0 Å². The summed E-state index contributed by atoms with van der Waals surface area (Å²) in [5.41, 5.74) is 1.79. The lowest BCUT2D eigenvalue weighted by Gasteiger charge is -1.41. The van der Waals surface area contributed by atoms with E-state index in [1.165, 1.54) is 0 Å². The molecule has 0 aromatic carbocycles. The molecule has 0 spiro atoms. The van der Waals surface area contributed by atoms with E-state index in [-0.39, 0.29) is 22.5 Å². The monoisotopic (exact) mass is 183 g/mol. The molecule has 0 unspecified atom stereocenters. The fraction of sp³-hybridized carbons (Fsp3) is 0. The fourth-order valence-corrected chi connectivity index (χ4v) is 0.527. The first kappa shape index (κ1) is 10.1. The second-order valence-electron chi connectivity index (χ2n) is 0.676. The van der Waals surface area contributed by atoms with Crippen LogP contribution >= 0.6 is 28.3 Å². The molecule has 0 bridgehead atoms. The maximum Gasteiger partial charge on any atom is 0.0791 e. The van der Waals surface area contributed by atoms with Crippen LogP contribution in [-0.2, 0) is 0 Å². The van der Waals surface area contributed by atoms with Gasteiger partial charge in [0.25, 0.3) is 0 Å². The SMILES string of the molecule is Br.O.c1cscn1. The number of halogens is 1. The lowest BCUT2D eigenvalue weighted by molar-refractivity contribution is 0.824. The topological polar surface area (TPSA) is 44.4 Å². The Hall–Kier alpha value is 0.0700. The van der Waals surface area contributed by atoms with E-state index in [1.54, 1.807) is 23.0 Å². The Bertz CT molecular complexity index is 71.4. The van der Waals surface area contributed by atoms with Crippen molar-refractivity contribution in [1.29, 1.82) is 0 Å². The van der Waals surface area contributed by atoms with Crippen molar-refractivity contribution in [2.45, 2.75) is 0 Å². The first-order valence-electron chi connectivity index (χ1n) is 1.32. The van der Waals surface area contributed by atoms with Gasteiger partial charge in [0.2, 0.25) is 0 Å². The Morgan fingerprint density at radius 1 is 1.43 bits per heavy atom. The second kappa shape index (κ2) is 6.07. The van der Waals surface area contributed by atoms with Gasteiger partial charge in [-0.3, -0.25) is 4.98 Å².